The third-order valence-electron chi connectivity index (χ3n) is 3.70. The van der Waals surface area contributed by atoms with E-state index in [2.05, 4.69) is 10.2 Å². The first-order valence-electron chi connectivity index (χ1n) is 8.09. The number of carbonyl (C=O) groups is 2. The highest BCUT2D eigenvalue weighted by Gasteiger charge is 2.22. The molecule has 0 aliphatic carbocycles. The first kappa shape index (κ1) is 17.1. The third-order valence-corrected chi connectivity index (χ3v) is 3.70. The minimum atomic E-state index is -0.253. The van der Waals surface area contributed by atoms with Gasteiger partial charge in [0.15, 0.2) is 0 Å². The summed E-state index contributed by atoms with van der Waals surface area (Å²) in [5, 5.41) is 2.90. The maximum absolute atomic E-state index is 12.1. The molecule has 0 bridgehead atoms. The van der Waals surface area contributed by atoms with Crippen LogP contribution in [-0.4, -0.2) is 55.7 Å². The predicted molar refractivity (Wildman–Crippen MR) is 89.9 cm³/mol. The molecule has 0 saturated carbocycles. The van der Waals surface area contributed by atoms with Crippen molar-refractivity contribution >= 4 is 17.7 Å². The summed E-state index contributed by atoms with van der Waals surface area (Å²) in [6.07, 6.45) is -0.253. The van der Waals surface area contributed by atoms with Crippen LogP contribution in [0.3, 0.4) is 0 Å². The van der Waals surface area contributed by atoms with Gasteiger partial charge in [-0.05, 0) is 39.0 Å². The molecule has 0 atom stereocenters. The zero-order valence-corrected chi connectivity index (χ0v) is 14.0. The molecular formula is C17H25N3O3. The van der Waals surface area contributed by atoms with Crippen molar-refractivity contribution in [1.82, 2.24) is 10.2 Å². The highest BCUT2D eigenvalue weighted by molar-refractivity contribution is 5.95. The first-order valence-corrected chi connectivity index (χ1v) is 8.09. The summed E-state index contributed by atoms with van der Waals surface area (Å²) in [6.45, 7) is 8.80. The van der Waals surface area contributed by atoms with Crippen molar-refractivity contribution in [3.63, 3.8) is 0 Å². The predicted octanol–water partition coefficient (Wildman–Crippen LogP) is 2.10. The molecule has 1 heterocycles. The quantitative estimate of drug-likeness (QED) is 0.923. The van der Waals surface area contributed by atoms with Crippen LogP contribution in [-0.2, 0) is 4.74 Å². The number of hydrogen-bond acceptors (Lipinski definition) is 4. The normalized spacial score (nSPS) is 14.8. The van der Waals surface area contributed by atoms with Crippen molar-refractivity contribution in [1.29, 1.82) is 0 Å². The van der Waals surface area contributed by atoms with Crippen LogP contribution in [0.4, 0.5) is 10.5 Å². The Morgan fingerprint density at radius 2 is 1.91 bits per heavy atom. The SMILES string of the molecule is CCOC(=O)N1CCN(c2cccc(C(=O)NC(C)C)c2)CC1. The van der Waals surface area contributed by atoms with Crippen LogP contribution in [0, 0.1) is 0 Å². The average molecular weight is 319 g/mol. The van der Waals surface area contributed by atoms with E-state index in [1.807, 2.05) is 45.0 Å². The molecule has 0 spiro atoms. The van der Waals surface area contributed by atoms with E-state index in [-0.39, 0.29) is 18.0 Å². The van der Waals surface area contributed by atoms with Gasteiger partial charge >= 0.3 is 6.09 Å². The van der Waals surface area contributed by atoms with Gasteiger partial charge < -0.3 is 19.9 Å². The summed E-state index contributed by atoms with van der Waals surface area (Å²) >= 11 is 0. The number of nitrogens with one attached hydrogen (secondary N) is 1. The molecule has 1 aliphatic heterocycles. The fraction of sp³-hybridized carbons (Fsp3) is 0.529. The summed E-state index contributed by atoms with van der Waals surface area (Å²) in [5.74, 6) is -0.0630. The van der Waals surface area contributed by atoms with Gasteiger partial charge in [-0.1, -0.05) is 6.07 Å². The van der Waals surface area contributed by atoms with Crippen molar-refractivity contribution < 1.29 is 14.3 Å². The topological polar surface area (TPSA) is 61.9 Å². The molecule has 0 aromatic heterocycles. The van der Waals surface area contributed by atoms with Crippen molar-refractivity contribution in [3.05, 3.63) is 29.8 Å². The molecule has 6 nitrogen and oxygen atoms in total. The van der Waals surface area contributed by atoms with E-state index in [0.717, 1.165) is 18.8 Å². The van der Waals surface area contributed by atoms with Gasteiger partial charge in [-0.3, -0.25) is 4.79 Å². The zero-order chi connectivity index (χ0) is 16.8. The van der Waals surface area contributed by atoms with Gasteiger partial charge in [0.1, 0.15) is 0 Å². The number of piperazine rings is 1. The Kier molecular flexibility index (Phi) is 5.84. The summed E-state index contributed by atoms with van der Waals surface area (Å²) in [5.41, 5.74) is 1.66. The molecule has 1 N–H and O–H groups in total. The van der Waals surface area contributed by atoms with E-state index in [0.29, 0.717) is 25.3 Å². The summed E-state index contributed by atoms with van der Waals surface area (Å²) in [7, 11) is 0. The highest BCUT2D eigenvalue weighted by atomic mass is 16.6. The van der Waals surface area contributed by atoms with Gasteiger partial charge in [-0.15, -0.1) is 0 Å². The Labute approximate surface area is 137 Å². The molecule has 0 radical (unpaired) electrons. The molecule has 1 saturated heterocycles. The number of ether oxygens (including phenoxy) is 1. The second kappa shape index (κ2) is 7.85. The van der Waals surface area contributed by atoms with Crippen LogP contribution >= 0.6 is 0 Å². The molecule has 1 aromatic rings. The highest BCUT2D eigenvalue weighted by Crippen LogP contribution is 2.18. The zero-order valence-electron chi connectivity index (χ0n) is 14.0. The molecule has 1 aliphatic rings. The lowest BCUT2D eigenvalue weighted by Crippen LogP contribution is -2.49. The van der Waals surface area contributed by atoms with Crippen LogP contribution in [0.5, 0.6) is 0 Å². The fourth-order valence-corrected chi connectivity index (χ4v) is 2.55. The van der Waals surface area contributed by atoms with Gasteiger partial charge in [-0.25, -0.2) is 4.79 Å². The van der Waals surface area contributed by atoms with Crippen LogP contribution in [0.15, 0.2) is 24.3 Å². The number of hydrogen-bond donors (Lipinski definition) is 1. The Morgan fingerprint density at radius 1 is 1.22 bits per heavy atom. The largest absolute Gasteiger partial charge is 0.450 e. The Hall–Kier alpha value is -2.24. The Balaban J connectivity index is 1.98. The monoisotopic (exact) mass is 319 g/mol. The van der Waals surface area contributed by atoms with Crippen molar-refractivity contribution in [3.8, 4) is 0 Å². The lowest BCUT2D eigenvalue weighted by molar-refractivity contribution is 0.0943. The summed E-state index contributed by atoms with van der Waals surface area (Å²) < 4.78 is 5.03. The third kappa shape index (κ3) is 4.61. The van der Waals surface area contributed by atoms with Crippen molar-refractivity contribution in [2.45, 2.75) is 26.8 Å². The number of carbonyl (C=O) groups excluding carboxylic acids is 2. The minimum Gasteiger partial charge on any atom is -0.450 e. The molecule has 1 fully saturated rings. The second-order valence-electron chi connectivity index (χ2n) is 5.85. The molecular weight excluding hydrogens is 294 g/mol. The smallest absolute Gasteiger partial charge is 0.409 e. The molecule has 0 unspecified atom stereocenters. The van der Waals surface area contributed by atoms with E-state index in [9.17, 15) is 9.59 Å². The standard InChI is InChI=1S/C17H25N3O3/c1-4-23-17(22)20-10-8-19(9-11-20)15-7-5-6-14(12-15)16(21)18-13(2)3/h5-7,12-13H,4,8-11H2,1-3H3,(H,18,21). The number of benzene rings is 1. The van der Waals surface area contributed by atoms with Crippen LogP contribution < -0.4 is 10.2 Å². The van der Waals surface area contributed by atoms with E-state index in [1.54, 1.807) is 4.90 Å². The number of rotatable bonds is 4. The molecule has 1 aromatic carbocycles. The lowest BCUT2D eigenvalue weighted by atomic mass is 10.1. The lowest BCUT2D eigenvalue weighted by Gasteiger charge is -2.35. The molecule has 23 heavy (non-hydrogen) atoms. The fourth-order valence-electron chi connectivity index (χ4n) is 2.55. The second-order valence-corrected chi connectivity index (χ2v) is 5.85. The van der Waals surface area contributed by atoms with E-state index in [1.165, 1.54) is 0 Å². The minimum absolute atomic E-state index is 0.0630. The van der Waals surface area contributed by atoms with Gasteiger partial charge in [0.2, 0.25) is 0 Å². The van der Waals surface area contributed by atoms with E-state index >= 15 is 0 Å². The van der Waals surface area contributed by atoms with Gasteiger partial charge in [0, 0.05) is 43.5 Å². The van der Waals surface area contributed by atoms with Gasteiger partial charge in [0.25, 0.3) is 5.91 Å². The Bertz CT molecular complexity index is 552. The maximum Gasteiger partial charge on any atom is 0.409 e. The van der Waals surface area contributed by atoms with Crippen LogP contribution in [0.2, 0.25) is 0 Å². The van der Waals surface area contributed by atoms with Crippen molar-refractivity contribution in [2.24, 2.45) is 0 Å². The maximum atomic E-state index is 12.1. The van der Waals surface area contributed by atoms with E-state index < -0.39 is 0 Å². The van der Waals surface area contributed by atoms with Crippen molar-refractivity contribution in [2.75, 3.05) is 37.7 Å². The molecule has 2 rings (SSSR count). The Morgan fingerprint density at radius 3 is 2.52 bits per heavy atom. The average Bonchev–Trinajstić information content (AvgIpc) is 2.55. The number of nitrogens with zero attached hydrogens (tertiary/aromatic N) is 2. The summed E-state index contributed by atoms with van der Waals surface area (Å²) in [4.78, 5) is 27.7. The molecule has 2 amide bonds. The number of amides is 2. The van der Waals surface area contributed by atoms with Crippen LogP contribution in [0.25, 0.3) is 0 Å². The molecule has 126 valence electrons. The first-order chi connectivity index (χ1) is 11.0. The van der Waals surface area contributed by atoms with Gasteiger partial charge in [0.05, 0.1) is 6.61 Å². The van der Waals surface area contributed by atoms with Crippen LogP contribution in [0.1, 0.15) is 31.1 Å². The number of anilines is 1. The summed E-state index contributed by atoms with van der Waals surface area (Å²) in [6, 6.07) is 7.71. The van der Waals surface area contributed by atoms with E-state index in [4.69, 9.17) is 4.74 Å². The van der Waals surface area contributed by atoms with Gasteiger partial charge in [-0.2, -0.15) is 0 Å². The molecule has 6 heteroatoms.